The number of hydrogen-bond acceptors (Lipinski definition) is 1. The number of hydrogen-bond donors (Lipinski definition) is 0. The maximum Gasteiger partial charge on any atom is 0.0758 e. The largest absolute Gasteiger partial charge is 0.264 e. The van der Waals surface area contributed by atoms with Crippen LogP contribution in [-0.2, 0) is 19.4 Å². The van der Waals surface area contributed by atoms with Gasteiger partial charge in [-0.3, -0.25) is 4.68 Å². The van der Waals surface area contributed by atoms with E-state index in [1.54, 1.807) is 6.07 Å². The maximum absolute atomic E-state index is 6.22. The summed E-state index contributed by atoms with van der Waals surface area (Å²) < 4.78 is 3.30. The third-order valence-electron chi connectivity index (χ3n) is 3.06. The average molecular weight is 409 g/mol. The van der Waals surface area contributed by atoms with Gasteiger partial charge in [0.2, 0.25) is 0 Å². The van der Waals surface area contributed by atoms with Gasteiger partial charge in [-0.25, -0.2) is 0 Å². The Morgan fingerprint density at radius 1 is 1.21 bits per heavy atom. The van der Waals surface area contributed by atoms with E-state index in [9.17, 15) is 0 Å². The highest BCUT2D eigenvalue weighted by Crippen LogP contribution is 2.24. The van der Waals surface area contributed by atoms with Crippen molar-refractivity contribution in [3.05, 3.63) is 48.8 Å². The molecule has 102 valence electrons. The number of aryl methyl sites for hydroxylation is 1. The molecule has 0 aliphatic heterocycles. The second kappa shape index (κ2) is 6.46. The third-order valence-corrected chi connectivity index (χ3v) is 4.91. The van der Waals surface area contributed by atoms with Crippen LogP contribution in [0.5, 0.6) is 0 Å². The lowest BCUT2D eigenvalue weighted by Crippen LogP contribution is -2.07. The summed E-state index contributed by atoms with van der Waals surface area (Å²) in [5.41, 5.74) is 3.41. The summed E-state index contributed by atoms with van der Waals surface area (Å²) in [5, 5.41) is 6.11. The van der Waals surface area contributed by atoms with Gasteiger partial charge < -0.3 is 0 Å². The molecular weight excluding hydrogens is 394 g/mol. The van der Waals surface area contributed by atoms with Crippen LogP contribution in [-0.4, -0.2) is 9.78 Å². The zero-order valence-corrected chi connectivity index (χ0v) is 14.6. The molecule has 0 aliphatic carbocycles. The molecule has 0 saturated carbocycles. The zero-order chi connectivity index (χ0) is 14.0. The van der Waals surface area contributed by atoms with E-state index in [1.807, 2.05) is 16.8 Å². The summed E-state index contributed by atoms with van der Waals surface area (Å²) >= 11 is 14.6. The van der Waals surface area contributed by atoms with Crippen LogP contribution < -0.4 is 0 Å². The summed E-state index contributed by atoms with van der Waals surface area (Å²) in [6.45, 7) is 4.94. The molecule has 2 nitrogen and oxygen atoms in total. The Morgan fingerprint density at radius 2 is 1.95 bits per heavy atom. The normalized spacial score (nSPS) is 11.0. The van der Waals surface area contributed by atoms with Gasteiger partial charge in [0, 0.05) is 10.0 Å². The van der Waals surface area contributed by atoms with Crippen LogP contribution in [0.4, 0.5) is 0 Å². The van der Waals surface area contributed by atoms with Crippen LogP contribution >= 0.6 is 45.8 Å². The van der Waals surface area contributed by atoms with Gasteiger partial charge >= 0.3 is 0 Å². The molecule has 5 heteroatoms. The summed E-state index contributed by atoms with van der Waals surface area (Å²) in [5.74, 6) is 0. The molecule has 19 heavy (non-hydrogen) atoms. The molecule has 0 unspecified atom stereocenters. The molecule has 2 rings (SSSR count). The lowest BCUT2D eigenvalue weighted by Gasteiger charge is -2.08. The van der Waals surface area contributed by atoms with Crippen molar-refractivity contribution in [1.82, 2.24) is 9.78 Å². The molecule has 1 aromatic heterocycles. The fourth-order valence-corrected chi connectivity index (χ4v) is 3.57. The summed E-state index contributed by atoms with van der Waals surface area (Å²) in [4.78, 5) is 0. The standard InChI is InChI=1S/C14H15Cl2IN2/c1-3-12-14(17)13(4-2)19(18-12)8-9-7-10(15)5-6-11(9)16/h5-7H,3-4,8H2,1-2H3. The highest BCUT2D eigenvalue weighted by molar-refractivity contribution is 14.1. The van der Waals surface area contributed by atoms with Crippen molar-refractivity contribution in [3.63, 3.8) is 0 Å². The van der Waals surface area contributed by atoms with E-state index in [0.29, 0.717) is 11.6 Å². The summed E-state index contributed by atoms with van der Waals surface area (Å²) in [6, 6.07) is 5.54. The van der Waals surface area contributed by atoms with E-state index < -0.39 is 0 Å². The first kappa shape index (κ1) is 15.1. The summed E-state index contributed by atoms with van der Waals surface area (Å²) in [6.07, 6.45) is 1.91. The minimum atomic E-state index is 0.665. The molecule has 0 N–H and O–H groups in total. The van der Waals surface area contributed by atoms with E-state index in [4.69, 9.17) is 23.2 Å². The van der Waals surface area contributed by atoms with Gasteiger partial charge in [0.15, 0.2) is 0 Å². The SMILES string of the molecule is CCc1nn(Cc2cc(Cl)ccc2Cl)c(CC)c1I. The van der Waals surface area contributed by atoms with Crippen molar-refractivity contribution < 1.29 is 0 Å². The van der Waals surface area contributed by atoms with Crippen LogP contribution in [0.1, 0.15) is 30.8 Å². The van der Waals surface area contributed by atoms with Gasteiger partial charge in [-0.15, -0.1) is 0 Å². The van der Waals surface area contributed by atoms with Crippen LogP contribution in [0.2, 0.25) is 10.0 Å². The van der Waals surface area contributed by atoms with Crippen molar-refractivity contribution in [2.45, 2.75) is 33.2 Å². The van der Waals surface area contributed by atoms with Crippen LogP contribution in [0, 0.1) is 3.57 Å². The predicted molar refractivity (Wildman–Crippen MR) is 89.3 cm³/mol. The minimum Gasteiger partial charge on any atom is -0.264 e. The van der Waals surface area contributed by atoms with E-state index in [1.165, 1.54) is 9.26 Å². The second-order valence-electron chi connectivity index (χ2n) is 4.31. The first-order valence-corrected chi connectivity index (χ1v) is 8.08. The number of benzene rings is 1. The van der Waals surface area contributed by atoms with Crippen LogP contribution in [0.3, 0.4) is 0 Å². The Bertz CT molecular complexity index is 593. The molecule has 0 radical (unpaired) electrons. The van der Waals surface area contributed by atoms with Crippen molar-refractivity contribution in [2.24, 2.45) is 0 Å². The molecule has 0 fully saturated rings. The van der Waals surface area contributed by atoms with Gasteiger partial charge in [-0.05, 0) is 59.2 Å². The number of aromatic nitrogens is 2. The Morgan fingerprint density at radius 3 is 2.58 bits per heavy atom. The Hall–Kier alpha value is -0.260. The number of rotatable bonds is 4. The molecule has 2 aromatic rings. The molecule has 1 aromatic carbocycles. The van der Waals surface area contributed by atoms with Crippen LogP contribution in [0.15, 0.2) is 18.2 Å². The van der Waals surface area contributed by atoms with Gasteiger partial charge in [0.05, 0.1) is 21.5 Å². The minimum absolute atomic E-state index is 0.665. The fraction of sp³-hybridized carbons (Fsp3) is 0.357. The van der Waals surface area contributed by atoms with E-state index in [0.717, 1.165) is 29.1 Å². The van der Waals surface area contributed by atoms with Crippen molar-refractivity contribution in [3.8, 4) is 0 Å². The molecule has 0 atom stereocenters. The van der Waals surface area contributed by atoms with Gasteiger partial charge in [-0.1, -0.05) is 37.0 Å². The Balaban J connectivity index is 2.40. The summed E-state index contributed by atoms with van der Waals surface area (Å²) in [7, 11) is 0. The van der Waals surface area contributed by atoms with Crippen molar-refractivity contribution in [2.75, 3.05) is 0 Å². The van der Waals surface area contributed by atoms with Gasteiger partial charge in [0.25, 0.3) is 0 Å². The molecule has 0 amide bonds. The average Bonchev–Trinajstić information content (AvgIpc) is 2.69. The monoisotopic (exact) mass is 408 g/mol. The Kier molecular flexibility index (Phi) is 5.15. The fourth-order valence-electron chi connectivity index (χ4n) is 2.05. The molecule has 1 heterocycles. The van der Waals surface area contributed by atoms with Gasteiger partial charge in [-0.2, -0.15) is 5.10 Å². The quantitative estimate of drug-likeness (QED) is 0.653. The highest BCUT2D eigenvalue weighted by atomic mass is 127. The molecule has 0 spiro atoms. The Labute approximate surface area is 137 Å². The number of nitrogens with zero attached hydrogens (tertiary/aromatic N) is 2. The smallest absolute Gasteiger partial charge is 0.0758 e. The molecule has 0 saturated heterocycles. The first-order chi connectivity index (χ1) is 9.06. The second-order valence-corrected chi connectivity index (χ2v) is 6.23. The van der Waals surface area contributed by atoms with Crippen molar-refractivity contribution >= 4 is 45.8 Å². The lowest BCUT2D eigenvalue weighted by molar-refractivity contribution is 0.640. The third kappa shape index (κ3) is 3.26. The zero-order valence-electron chi connectivity index (χ0n) is 10.9. The van der Waals surface area contributed by atoms with Crippen LogP contribution in [0.25, 0.3) is 0 Å². The predicted octanol–water partition coefficient (Wildman–Crippen LogP) is 4.97. The van der Waals surface area contributed by atoms with Gasteiger partial charge in [0.1, 0.15) is 0 Å². The molecule has 0 bridgehead atoms. The van der Waals surface area contributed by atoms with E-state index >= 15 is 0 Å². The molecule has 0 aliphatic rings. The maximum atomic E-state index is 6.22. The first-order valence-electron chi connectivity index (χ1n) is 6.24. The number of halogens is 3. The topological polar surface area (TPSA) is 17.8 Å². The van der Waals surface area contributed by atoms with Crippen molar-refractivity contribution in [1.29, 1.82) is 0 Å². The lowest BCUT2D eigenvalue weighted by atomic mass is 10.2. The van der Waals surface area contributed by atoms with E-state index in [2.05, 4.69) is 41.5 Å². The molecular formula is C14H15Cl2IN2. The van der Waals surface area contributed by atoms with E-state index in [-0.39, 0.29) is 0 Å². The highest BCUT2D eigenvalue weighted by Gasteiger charge is 2.14.